The smallest absolute Gasteiger partial charge is 0.316 e. The molecule has 24 heavy (non-hydrogen) atoms. The number of hydrogen-bond donors (Lipinski definition) is 1. The fraction of sp³-hybridized carbons (Fsp3) is 0.467. The molecular formula is C15H18ClNO5S2. The van der Waals surface area contributed by atoms with Gasteiger partial charge in [0.05, 0.1) is 17.3 Å². The van der Waals surface area contributed by atoms with E-state index in [-0.39, 0.29) is 22.5 Å². The van der Waals surface area contributed by atoms with Crippen molar-refractivity contribution in [3.8, 4) is 0 Å². The second-order valence-corrected chi connectivity index (χ2v) is 9.42. The monoisotopic (exact) mass is 391 g/mol. The molecule has 9 heteroatoms. The number of carbonyl (C=O) groups is 2. The van der Waals surface area contributed by atoms with Gasteiger partial charge in [0, 0.05) is 16.0 Å². The first-order valence-electron chi connectivity index (χ1n) is 7.33. The van der Waals surface area contributed by atoms with Crippen molar-refractivity contribution in [3.63, 3.8) is 0 Å². The third-order valence-corrected chi connectivity index (χ3v) is 6.92. The molecule has 1 aliphatic rings. The molecule has 0 radical (unpaired) electrons. The molecule has 1 aromatic carbocycles. The zero-order valence-corrected chi connectivity index (χ0v) is 15.4. The number of amides is 1. The highest BCUT2D eigenvalue weighted by molar-refractivity contribution is 8.02. The lowest BCUT2D eigenvalue weighted by Gasteiger charge is -2.14. The van der Waals surface area contributed by atoms with E-state index < -0.39 is 27.8 Å². The molecule has 1 heterocycles. The lowest BCUT2D eigenvalue weighted by molar-refractivity contribution is -0.150. The van der Waals surface area contributed by atoms with Crippen molar-refractivity contribution in [2.24, 2.45) is 0 Å². The van der Waals surface area contributed by atoms with Crippen LogP contribution in [0.2, 0.25) is 5.02 Å². The van der Waals surface area contributed by atoms with Crippen LogP contribution in [-0.4, -0.2) is 48.9 Å². The van der Waals surface area contributed by atoms with Crippen LogP contribution in [0.5, 0.6) is 0 Å². The van der Waals surface area contributed by atoms with Crippen LogP contribution < -0.4 is 5.32 Å². The van der Waals surface area contributed by atoms with Crippen molar-refractivity contribution in [1.29, 1.82) is 0 Å². The summed E-state index contributed by atoms with van der Waals surface area (Å²) in [6.07, 6.45) is -0.395. The Hall–Kier alpha value is -1.25. The minimum absolute atomic E-state index is 0.0265. The van der Waals surface area contributed by atoms with E-state index >= 15 is 0 Å². The molecule has 0 bridgehead atoms. The lowest BCUT2D eigenvalue weighted by Crippen LogP contribution is -2.30. The van der Waals surface area contributed by atoms with E-state index in [4.69, 9.17) is 16.3 Å². The quantitative estimate of drug-likeness (QED) is 0.747. The third kappa shape index (κ3) is 5.99. The number of sulfone groups is 1. The second kappa shape index (κ2) is 8.22. The highest BCUT2D eigenvalue weighted by Crippen LogP contribution is 2.24. The number of anilines is 1. The number of hydrogen-bond acceptors (Lipinski definition) is 6. The summed E-state index contributed by atoms with van der Waals surface area (Å²) in [6.45, 7) is 1.48. The highest BCUT2D eigenvalue weighted by atomic mass is 35.5. The van der Waals surface area contributed by atoms with Gasteiger partial charge in [-0.05, 0) is 37.6 Å². The van der Waals surface area contributed by atoms with Crippen molar-refractivity contribution in [2.75, 3.05) is 22.6 Å². The number of thioether (sulfide) groups is 1. The van der Waals surface area contributed by atoms with Crippen molar-refractivity contribution < 1.29 is 22.7 Å². The van der Waals surface area contributed by atoms with Gasteiger partial charge >= 0.3 is 5.97 Å². The Balaban J connectivity index is 1.74. The normalized spacial score (nSPS) is 20.3. The van der Waals surface area contributed by atoms with Gasteiger partial charge in [-0.25, -0.2) is 8.42 Å². The molecule has 132 valence electrons. The third-order valence-electron chi connectivity index (χ3n) is 3.42. The van der Waals surface area contributed by atoms with E-state index in [1.165, 1.54) is 18.7 Å². The Labute approximate surface area is 150 Å². The second-order valence-electron chi connectivity index (χ2n) is 5.46. The SMILES string of the molecule is C[C@H](OC(=O)CS[C@H]1CCS(=O)(=O)C1)C(=O)Nc1ccc(Cl)cc1. The van der Waals surface area contributed by atoms with Crippen molar-refractivity contribution >= 4 is 50.8 Å². The molecule has 1 N–H and O–H groups in total. The van der Waals surface area contributed by atoms with Gasteiger partial charge in [-0.3, -0.25) is 9.59 Å². The number of rotatable bonds is 6. The molecule has 2 rings (SSSR count). The average molecular weight is 392 g/mol. The van der Waals surface area contributed by atoms with E-state index in [1.54, 1.807) is 24.3 Å². The van der Waals surface area contributed by atoms with Crippen LogP contribution in [0.15, 0.2) is 24.3 Å². The van der Waals surface area contributed by atoms with Crippen molar-refractivity contribution in [1.82, 2.24) is 0 Å². The molecule has 1 amide bonds. The molecule has 0 unspecified atom stereocenters. The molecular weight excluding hydrogens is 374 g/mol. The summed E-state index contributed by atoms with van der Waals surface area (Å²) in [5.74, 6) is -0.696. The maximum absolute atomic E-state index is 12.0. The van der Waals surface area contributed by atoms with Crippen LogP contribution in [0.4, 0.5) is 5.69 Å². The van der Waals surface area contributed by atoms with E-state index in [9.17, 15) is 18.0 Å². The molecule has 1 fully saturated rings. The predicted molar refractivity (Wildman–Crippen MR) is 95.2 cm³/mol. The van der Waals surface area contributed by atoms with Gasteiger partial charge in [0.15, 0.2) is 15.9 Å². The largest absolute Gasteiger partial charge is 0.452 e. The summed E-state index contributed by atoms with van der Waals surface area (Å²) in [5, 5.41) is 3.09. The van der Waals surface area contributed by atoms with Crippen LogP contribution in [0.3, 0.4) is 0 Å². The minimum atomic E-state index is -2.96. The van der Waals surface area contributed by atoms with Crippen LogP contribution in [0, 0.1) is 0 Å². The Morgan fingerprint density at radius 3 is 2.62 bits per heavy atom. The number of ether oxygens (including phenoxy) is 1. The zero-order chi connectivity index (χ0) is 17.7. The Morgan fingerprint density at radius 2 is 2.04 bits per heavy atom. The first-order chi connectivity index (χ1) is 11.2. The summed E-state index contributed by atoms with van der Waals surface area (Å²) >= 11 is 7.02. The molecule has 1 aromatic rings. The summed E-state index contributed by atoms with van der Waals surface area (Å²) in [6, 6.07) is 6.57. The predicted octanol–water partition coefficient (Wildman–Crippen LogP) is 2.13. The van der Waals surface area contributed by atoms with Crippen LogP contribution in [0.1, 0.15) is 13.3 Å². The first kappa shape index (κ1) is 19.1. The molecule has 6 nitrogen and oxygen atoms in total. The number of esters is 1. The molecule has 0 saturated carbocycles. The summed E-state index contributed by atoms with van der Waals surface area (Å²) < 4.78 is 27.8. The molecule has 0 spiro atoms. The average Bonchev–Trinajstić information content (AvgIpc) is 2.86. The van der Waals surface area contributed by atoms with E-state index in [2.05, 4.69) is 5.32 Å². The van der Waals surface area contributed by atoms with Gasteiger partial charge in [-0.2, -0.15) is 0 Å². The van der Waals surface area contributed by atoms with Gasteiger partial charge in [0.2, 0.25) is 0 Å². The zero-order valence-electron chi connectivity index (χ0n) is 13.0. The summed E-state index contributed by atoms with van der Waals surface area (Å²) in [5.41, 5.74) is 0.554. The number of carbonyl (C=O) groups excluding carboxylic acids is 2. The molecule has 1 aliphatic heterocycles. The molecule has 0 aromatic heterocycles. The van der Waals surface area contributed by atoms with E-state index in [1.807, 2.05) is 0 Å². The van der Waals surface area contributed by atoms with Gasteiger partial charge in [0.25, 0.3) is 5.91 Å². The molecule has 0 aliphatic carbocycles. The standard InChI is InChI=1S/C15H18ClNO5S2/c1-10(15(19)17-12-4-2-11(16)3-5-12)22-14(18)8-23-13-6-7-24(20,21)9-13/h2-5,10,13H,6-9H2,1H3,(H,17,19)/t10-,13-/m0/s1. The number of nitrogens with one attached hydrogen (secondary N) is 1. The van der Waals surface area contributed by atoms with Crippen LogP contribution in [0.25, 0.3) is 0 Å². The Bertz CT molecular complexity index is 705. The van der Waals surface area contributed by atoms with Gasteiger partial charge < -0.3 is 10.1 Å². The molecule has 2 atom stereocenters. The summed E-state index contributed by atoms with van der Waals surface area (Å²) in [4.78, 5) is 23.8. The topological polar surface area (TPSA) is 89.5 Å². The molecule has 1 saturated heterocycles. The van der Waals surface area contributed by atoms with Gasteiger partial charge in [-0.15, -0.1) is 11.8 Å². The van der Waals surface area contributed by atoms with Gasteiger partial charge in [0.1, 0.15) is 0 Å². The Kier molecular flexibility index (Phi) is 6.54. The first-order valence-corrected chi connectivity index (χ1v) is 10.6. The maximum Gasteiger partial charge on any atom is 0.316 e. The summed E-state index contributed by atoms with van der Waals surface area (Å²) in [7, 11) is -2.96. The van der Waals surface area contributed by atoms with Crippen molar-refractivity contribution in [3.05, 3.63) is 29.3 Å². The minimum Gasteiger partial charge on any atom is -0.452 e. The number of benzene rings is 1. The van der Waals surface area contributed by atoms with Crippen molar-refractivity contribution in [2.45, 2.75) is 24.7 Å². The van der Waals surface area contributed by atoms with E-state index in [0.29, 0.717) is 17.1 Å². The fourth-order valence-corrected chi connectivity index (χ4v) is 5.69. The Morgan fingerprint density at radius 1 is 1.38 bits per heavy atom. The highest BCUT2D eigenvalue weighted by Gasteiger charge is 2.29. The fourth-order valence-electron chi connectivity index (χ4n) is 2.14. The van der Waals surface area contributed by atoms with E-state index in [0.717, 1.165) is 0 Å². The lowest BCUT2D eigenvalue weighted by atomic mass is 10.3. The van der Waals surface area contributed by atoms with Gasteiger partial charge in [-0.1, -0.05) is 11.6 Å². The maximum atomic E-state index is 12.0. The van der Waals surface area contributed by atoms with Crippen LogP contribution in [-0.2, 0) is 24.2 Å². The number of halogens is 1. The van der Waals surface area contributed by atoms with Crippen LogP contribution >= 0.6 is 23.4 Å².